The Morgan fingerprint density at radius 1 is 1.83 bits per heavy atom. The van der Waals surface area contributed by atoms with Gasteiger partial charge in [0.15, 0.2) is 16.4 Å². The minimum atomic E-state index is -0.680. The zero-order chi connectivity index (χ0) is 13.1. The van der Waals surface area contributed by atoms with Gasteiger partial charge in [-0.25, -0.2) is 4.98 Å². The van der Waals surface area contributed by atoms with E-state index in [0.717, 1.165) is 4.88 Å². The largest absolute Gasteiger partial charge is 0.385 e. The smallest absolute Gasteiger partial charge is 0.364 e. The summed E-state index contributed by atoms with van der Waals surface area (Å²) in [6.45, 7) is 1.62. The summed E-state index contributed by atoms with van der Waals surface area (Å²) < 4.78 is 0.428. The van der Waals surface area contributed by atoms with Crippen LogP contribution in [0.5, 0.6) is 0 Å². The number of nitriles is 1. The van der Waals surface area contributed by atoms with Crippen LogP contribution in [0, 0.1) is 21.4 Å². The first-order valence-corrected chi connectivity index (χ1v) is 6.19. The van der Waals surface area contributed by atoms with Gasteiger partial charge in [-0.1, -0.05) is 11.6 Å². The molecule has 1 saturated heterocycles. The fraction of sp³-hybridized carbons (Fsp3) is 0.333. The molecule has 0 saturated carbocycles. The highest BCUT2D eigenvalue weighted by molar-refractivity contribution is 7.15. The highest BCUT2D eigenvalue weighted by Gasteiger charge is 2.28. The Bertz CT molecular complexity index is 549. The lowest BCUT2D eigenvalue weighted by Crippen LogP contribution is -2.23. The third-order valence-corrected chi connectivity index (χ3v) is 3.47. The van der Waals surface area contributed by atoms with Crippen molar-refractivity contribution in [1.82, 2.24) is 15.2 Å². The lowest BCUT2D eigenvalue weighted by atomic mass is 10.4. The summed E-state index contributed by atoms with van der Waals surface area (Å²) in [4.78, 5) is 16.6. The summed E-state index contributed by atoms with van der Waals surface area (Å²) in [5, 5.41) is 22.4. The highest BCUT2D eigenvalue weighted by Crippen LogP contribution is 2.22. The fourth-order valence-electron chi connectivity index (χ4n) is 1.65. The molecule has 1 aliphatic heterocycles. The molecule has 18 heavy (non-hydrogen) atoms. The molecule has 1 N–H and O–H groups in total. The molecule has 0 unspecified atom stereocenters. The van der Waals surface area contributed by atoms with Gasteiger partial charge in [-0.05, 0) is 0 Å². The van der Waals surface area contributed by atoms with Crippen LogP contribution in [0.2, 0.25) is 4.47 Å². The monoisotopic (exact) mass is 285 g/mol. The maximum absolute atomic E-state index is 10.7. The van der Waals surface area contributed by atoms with E-state index in [-0.39, 0.29) is 5.82 Å². The Balaban J connectivity index is 2.23. The molecule has 2 rings (SSSR count). The third kappa shape index (κ3) is 2.52. The Labute approximate surface area is 111 Å². The molecule has 1 aromatic rings. The van der Waals surface area contributed by atoms with E-state index < -0.39 is 10.6 Å². The van der Waals surface area contributed by atoms with E-state index in [1.165, 1.54) is 11.3 Å². The molecule has 0 bridgehead atoms. The number of allylic oxidation sites excluding steroid dienone is 1. The summed E-state index contributed by atoms with van der Waals surface area (Å²) in [6.07, 6.45) is 1.63. The molecule has 9 heteroatoms. The molecule has 1 aromatic heterocycles. The molecule has 0 aromatic carbocycles. The average Bonchev–Trinajstić information content (AvgIpc) is 2.90. The zero-order valence-corrected chi connectivity index (χ0v) is 10.7. The SMILES string of the molecule is N#C/C(=C1/NCCN1Cc1cnc(Cl)s1)[N+](=O)[O-]. The average molecular weight is 286 g/mol. The van der Waals surface area contributed by atoms with Gasteiger partial charge in [0, 0.05) is 24.2 Å². The first-order chi connectivity index (χ1) is 8.61. The molecule has 0 aliphatic carbocycles. The minimum absolute atomic E-state index is 0.257. The van der Waals surface area contributed by atoms with Crippen molar-refractivity contribution in [1.29, 1.82) is 5.26 Å². The summed E-state index contributed by atoms with van der Waals surface area (Å²) in [7, 11) is 0. The van der Waals surface area contributed by atoms with Crippen LogP contribution in [0.25, 0.3) is 0 Å². The number of hydrogen-bond donors (Lipinski definition) is 1. The quantitative estimate of drug-likeness (QED) is 0.509. The maximum atomic E-state index is 10.7. The van der Waals surface area contributed by atoms with Crippen molar-refractivity contribution in [2.24, 2.45) is 0 Å². The Morgan fingerprint density at radius 2 is 2.61 bits per heavy atom. The van der Waals surface area contributed by atoms with Crippen molar-refractivity contribution in [3.8, 4) is 6.07 Å². The van der Waals surface area contributed by atoms with Crippen LogP contribution in [0.1, 0.15) is 4.88 Å². The molecule has 1 fully saturated rings. The van der Waals surface area contributed by atoms with E-state index in [1.54, 1.807) is 17.2 Å². The predicted octanol–water partition coefficient (Wildman–Crippen LogP) is 1.17. The third-order valence-electron chi connectivity index (χ3n) is 2.38. The number of nitro groups is 1. The van der Waals surface area contributed by atoms with Crippen molar-refractivity contribution >= 4 is 22.9 Å². The Kier molecular flexibility index (Phi) is 3.64. The molecule has 0 spiro atoms. The first-order valence-electron chi connectivity index (χ1n) is 4.99. The lowest BCUT2D eigenvalue weighted by Gasteiger charge is -2.15. The minimum Gasteiger partial charge on any atom is -0.364 e. The second kappa shape index (κ2) is 5.20. The van der Waals surface area contributed by atoms with Crippen molar-refractivity contribution in [3.05, 3.63) is 37.2 Å². The van der Waals surface area contributed by atoms with Gasteiger partial charge < -0.3 is 10.2 Å². The van der Waals surface area contributed by atoms with Gasteiger partial charge in [0.1, 0.15) is 0 Å². The van der Waals surface area contributed by atoms with Crippen LogP contribution < -0.4 is 5.32 Å². The summed E-state index contributed by atoms with van der Waals surface area (Å²) >= 11 is 7.04. The van der Waals surface area contributed by atoms with E-state index in [2.05, 4.69) is 10.3 Å². The second-order valence-corrected chi connectivity index (χ2v) is 5.19. The number of rotatable bonds is 3. The fourth-order valence-corrected chi connectivity index (χ4v) is 2.64. The van der Waals surface area contributed by atoms with E-state index in [9.17, 15) is 10.1 Å². The van der Waals surface area contributed by atoms with Gasteiger partial charge in [0.25, 0.3) is 0 Å². The van der Waals surface area contributed by atoms with Gasteiger partial charge in [-0.15, -0.1) is 11.3 Å². The van der Waals surface area contributed by atoms with Gasteiger partial charge in [0.2, 0.25) is 0 Å². The van der Waals surface area contributed by atoms with E-state index in [1.807, 2.05) is 0 Å². The van der Waals surface area contributed by atoms with Crippen LogP contribution in [0.3, 0.4) is 0 Å². The summed E-state index contributed by atoms with van der Waals surface area (Å²) in [5.74, 6) is 0.257. The molecule has 94 valence electrons. The van der Waals surface area contributed by atoms with Crippen molar-refractivity contribution < 1.29 is 4.92 Å². The number of thiazole rings is 1. The zero-order valence-electron chi connectivity index (χ0n) is 9.09. The standard InChI is InChI=1S/C9H8ClN5O2S/c10-9-13-4-6(18-9)5-14-2-1-12-8(14)7(3-11)15(16)17/h4,12H,1-2,5H2/b8-7+. The van der Waals surface area contributed by atoms with Gasteiger partial charge >= 0.3 is 5.70 Å². The maximum Gasteiger partial charge on any atom is 0.385 e. The number of nitrogens with zero attached hydrogens (tertiary/aromatic N) is 4. The molecular formula is C9H8ClN5O2S. The van der Waals surface area contributed by atoms with Crippen LogP contribution in [-0.2, 0) is 6.54 Å². The van der Waals surface area contributed by atoms with Gasteiger partial charge in [-0.2, -0.15) is 5.26 Å². The number of aromatic nitrogens is 1. The topological polar surface area (TPSA) is 95.1 Å². The van der Waals surface area contributed by atoms with E-state index in [0.29, 0.717) is 24.1 Å². The molecule has 1 aliphatic rings. The predicted molar refractivity (Wildman–Crippen MR) is 65.2 cm³/mol. The molecule has 7 nitrogen and oxygen atoms in total. The molecule has 2 heterocycles. The van der Waals surface area contributed by atoms with Gasteiger partial charge in [-0.3, -0.25) is 10.1 Å². The second-order valence-electron chi connectivity index (χ2n) is 3.49. The first kappa shape index (κ1) is 12.6. The van der Waals surface area contributed by atoms with Crippen LogP contribution in [-0.4, -0.2) is 27.9 Å². The van der Waals surface area contributed by atoms with Crippen LogP contribution in [0.4, 0.5) is 0 Å². The lowest BCUT2D eigenvalue weighted by molar-refractivity contribution is -0.419. The van der Waals surface area contributed by atoms with Crippen LogP contribution in [0.15, 0.2) is 17.7 Å². The van der Waals surface area contributed by atoms with Crippen molar-refractivity contribution in [2.45, 2.75) is 6.54 Å². The Hall–Kier alpha value is -1.85. The number of nitrogens with one attached hydrogen (secondary N) is 1. The molecule has 0 radical (unpaired) electrons. The normalized spacial score (nSPS) is 17.2. The van der Waals surface area contributed by atoms with Crippen molar-refractivity contribution in [3.63, 3.8) is 0 Å². The molecule has 0 amide bonds. The van der Waals surface area contributed by atoms with Crippen LogP contribution >= 0.6 is 22.9 Å². The Morgan fingerprint density at radius 3 is 3.17 bits per heavy atom. The van der Waals surface area contributed by atoms with Gasteiger partial charge in [0.05, 0.1) is 11.5 Å². The number of hydrogen-bond acceptors (Lipinski definition) is 7. The molecular weight excluding hydrogens is 278 g/mol. The van der Waals surface area contributed by atoms with Crippen molar-refractivity contribution in [2.75, 3.05) is 13.1 Å². The van der Waals surface area contributed by atoms with E-state index >= 15 is 0 Å². The molecule has 0 atom stereocenters. The highest BCUT2D eigenvalue weighted by atomic mass is 35.5. The van der Waals surface area contributed by atoms with E-state index in [4.69, 9.17) is 16.9 Å². The number of halogens is 1. The summed E-state index contributed by atoms with van der Waals surface area (Å²) in [5.41, 5.74) is -0.469. The summed E-state index contributed by atoms with van der Waals surface area (Å²) in [6, 6.07) is 1.60.